The maximum absolute atomic E-state index is 14.5. The van der Waals surface area contributed by atoms with Crippen LogP contribution in [0.5, 0.6) is 5.75 Å². The molecule has 0 bridgehead atoms. The molecule has 1 aliphatic rings. The van der Waals surface area contributed by atoms with Crippen LogP contribution in [0, 0.1) is 5.82 Å². The molecule has 0 unspecified atom stereocenters. The molecule has 2 aromatic rings. The van der Waals surface area contributed by atoms with Crippen molar-refractivity contribution in [3.05, 3.63) is 65.5 Å². The van der Waals surface area contributed by atoms with E-state index >= 15 is 0 Å². The molecule has 0 atom stereocenters. The van der Waals surface area contributed by atoms with Gasteiger partial charge in [0.2, 0.25) is 0 Å². The van der Waals surface area contributed by atoms with Crippen LogP contribution in [-0.2, 0) is 20.5 Å². The normalized spacial score (nSPS) is 16.2. The predicted molar refractivity (Wildman–Crippen MR) is 105 cm³/mol. The fraction of sp³-hybridized carbons (Fsp3) is 0.381. The Morgan fingerprint density at radius 1 is 1.07 bits per heavy atom. The summed E-state index contributed by atoms with van der Waals surface area (Å²) < 4.78 is 55.7. The standard InChI is InChI=1S/C21H23FO6S/c22-18-10-9-16(20(23)27-13-14-29(24,25)26)15-19(18)28-21(11-5-2-6-12-21)17-7-3-1-4-8-17/h1,3-4,7-10,15H,2,5-6,11-14H2,(H,24,25,26). The first-order valence-electron chi connectivity index (χ1n) is 9.45. The number of hydrogen-bond donors (Lipinski definition) is 1. The maximum atomic E-state index is 14.5. The van der Waals surface area contributed by atoms with E-state index in [-0.39, 0.29) is 11.3 Å². The van der Waals surface area contributed by atoms with Crippen LogP contribution in [0.1, 0.15) is 48.0 Å². The molecule has 3 rings (SSSR count). The van der Waals surface area contributed by atoms with E-state index in [0.29, 0.717) is 0 Å². The Bertz CT molecular complexity index is 952. The molecule has 0 spiro atoms. The molecule has 0 aliphatic heterocycles. The summed E-state index contributed by atoms with van der Waals surface area (Å²) >= 11 is 0. The molecule has 1 saturated carbocycles. The van der Waals surface area contributed by atoms with Crippen molar-refractivity contribution >= 4 is 16.1 Å². The first kappa shape index (κ1) is 21.3. The van der Waals surface area contributed by atoms with Crippen LogP contribution in [-0.4, -0.2) is 31.3 Å². The Hall–Kier alpha value is -2.45. The summed E-state index contributed by atoms with van der Waals surface area (Å²) in [5.74, 6) is -2.18. The molecule has 0 amide bonds. The van der Waals surface area contributed by atoms with Gasteiger partial charge in [-0.05, 0) is 49.4 Å². The van der Waals surface area contributed by atoms with E-state index in [2.05, 4.69) is 0 Å². The molecule has 1 N–H and O–H groups in total. The molecule has 0 saturated heterocycles. The van der Waals surface area contributed by atoms with Crippen LogP contribution < -0.4 is 4.74 Å². The van der Waals surface area contributed by atoms with E-state index in [0.717, 1.165) is 43.7 Å². The van der Waals surface area contributed by atoms with Gasteiger partial charge in [-0.2, -0.15) is 8.42 Å². The van der Waals surface area contributed by atoms with Gasteiger partial charge in [-0.1, -0.05) is 36.8 Å². The van der Waals surface area contributed by atoms with Gasteiger partial charge in [0.05, 0.1) is 5.56 Å². The predicted octanol–water partition coefficient (Wildman–Crippen LogP) is 4.11. The van der Waals surface area contributed by atoms with Crippen LogP contribution in [0.2, 0.25) is 0 Å². The molecule has 0 radical (unpaired) electrons. The van der Waals surface area contributed by atoms with Crippen molar-refractivity contribution in [1.29, 1.82) is 0 Å². The van der Waals surface area contributed by atoms with Crippen molar-refractivity contribution in [2.75, 3.05) is 12.4 Å². The zero-order chi connectivity index (χ0) is 20.9. The number of hydrogen-bond acceptors (Lipinski definition) is 5. The molecule has 8 heteroatoms. The van der Waals surface area contributed by atoms with E-state index in [1.165, 1.54) is 12.1 Å². The number of rotatable bonds is 7. The van der Waals surface area contributed by atoms with Gasteiger partial charge in [0.25, 0.3) is 10.1 Å². The van der Waals surface area contributed by atoms with E-state index in [9.17, 15) is 17.6 Å². The zero-order valence-corrected chi connectivity index (χ0v) is 16.7. The van der Waals surface area contributed by atoms with Crippen LogP contribution in [0.4, 0.5) is 4.39 Å². The van der Waals surface area contributed by atoms with Crippen LogP contribution in [0.25, 0.3) is 0 Å². The number of carbonyl (C=O) groups excluding carboxylic acids is 1. The molecule has 0 heterocycles. The van der Waals surface area contributed by atoms with Gasteiger partial charge in [-0.15, -0.1) is 0 Å². The molecule has 2 aromatic carbocycles. The lowest BCUT2D eigenvalue weighted by atomic mass is 9.79. The molecule has 29 heavy (non-hydrogen) atoms. The number of esters is 1. The smallest absolute Gasteiger partial charge is 0.338 e. The first-order valence-corrected chi connectivity index (χ1v) is 11.1. The number of carbonyl (C=O) groups is 1. The van der Waals surface area contributed by atoms with Gasteiger partial charge < -0.3 is 9.47 Å². The lowest BCUT2D eigenvalue weighted by Gasteiger charge is -2.38. The highest BCUT2D eigenvalue weighted by molar-refractivity contribution is 7.85. The third kappa shape index (κ3) is 5.55. The van der Waals surface area contributed by atoms with Crippen molar-refractivity contribution in [2.24, 2.45) is 0 Å². The Morgan fingerprint density at radius 2 is 1.76 bits per heavy atom. The highest BCUT2D eigenvalue weighted by Gasteiger charge is 2.37. The first-order chi connectivity index (χ1) is 13.8. The zero-order valence-electron chi connectivity index (χ0n) is 15.8. The molecule has 156 valence electrons. The fourth-order valence-corrected chi connectivity index (χ4v) is 3.85. The summed E-state index contributed by atoms with van der Waals surface area (Å²) in [5.41, 5.74) is 0.324. The lowest BCUT2D eigenvalue weighted by molar-refractivity contribution is 0.0223. The summed E-state index contributed by atoms with van der Waals surface area (Å²) in [4.78, 5) is 12.2. The summed E-state index contributed by atoms with van der Waals surface area (Å²) in [5, 5.41) is 0. The van der Waals surface area contributed by atoms with Gasteiger partial charge in [0.1, 0.15) is 18.0 Å². The Kier molecular flexibility index (Phi) is 6.54. The second kappa shape index (κ2) is 8.92. The van der Waals surface area contributed by atoms with E-state index < -0.39 is 39.9 Å². The third-order valence-corrected chi connectivity index (χ3v) is 5.69. The second-order valence-electron chi connectivity index (χ2n) is 7.09. The van der Waals surface area contributed by atoms with Gasteiger partial charge in [-0.3, -0.25) is 4.55 Å². The number of halogens is 1. The van der Waals surface area contributed by atoms with E-state index in [4.69, 9.17) is 14.0 Å². The molecular formula is C21H23FO6S. The Balaban J connectivity index is 1.82. The Morgan fingerprint density at radius 3 is 2.41 bits per heavy atom. The lowest BCUT2D eigenvalue weighted by Crippen LogP contribution is -2.35. The number of ether oxygens (including phenoxy) is 2. The third-order valence-electron chi connectivity index (χ3n) is 5.01. The Labute approximate surface area is 169 Å². The SMILES string of the molecule is O=C(OCCS(=O)(=O)O)c1ccc(F)c(OC2(c3ccccc3)CCCCC2)c1. The fourth-order valence-electron chi connectivity index (χ4n) is 3.56. The molecule has 1 aliphatic carbocycles. The minimum atomic E-state index is -4.24. The summed E-state index contributed by atoms with van der Waals surface area (Å²) in [6.07, 6.45) is 4.46. The largest absolute Gasteiger partial charge is 0.479 e. The monoisotopic (exact) mass is 422 g/mol. The summed E-state index contributed by atoms with van der Waals surface area (Å²) in [6, 6.07) is 13.3. The summed E-state index contributed by atoms with van der Waals surface area (Å²) in [6.45, 7) is -0.501. The van der Waals surface area contributed by atoms with Crippen molar-refractivity contribution in [3.8, 4) is 5.75 Å². The van der Waals surface area contributed by atoms with Gasteiger partial charge in [0, 0.05) is 0 Å². The average molecular weight is 422 g/mol. The number of benzene rings is 2. The molecule has 0 aromatic heterocycles. The minimum absolute atomic E-state index is 0.0377. The van der Waals surface area contributed by atoms with E-state index in [1.807, 2.05) is 30.3 Å². The molecular weight excluding hydrogens is 399 g/mol. The highest BCUT2D eigenvalue weighted by Crippen LogP contribution is 2.41. The van der Waals surface area contributed by atoms with Crippen molar-refractivity contribution in [2.45, 2.75) is 37.7 Å². The van der Waals surface area contributed by atoms with Crippen LogP contribution in [0.15, 0.2) is 48.5 Å². The highest BCUT2D eigenvalue weighted by atomic mass is 32.2. The average Bonchev–Trinajstić information content (AvgIpc) is 2.70. The topological polar surface area (TPSA) is 89.9 Å². The van der Waals surface area contributed by atoms with Crippen molar-refractivity contribution < 1.29 is 31.6 Å². The van der Waals surface area contributed by atoms with Crippen molar-refractivity contribution in [1.82, 2.24) is 0 Å². The quantitative estimate of drug-likeness (QED) is 0.534. The summed E-state index contributed by atoms with van der Waals surface area (Å²) in [7, 11) is -4.24. The molecule has 6 nitrogen and oxygen atoms in total. The second-order valence-corrected chi connectivity index (χ2v) is 8.66. The molecule has 1 fully saturated rings. The minimum Gasteiger partial charge on any atom is -0.479 e. The van der Waals surface area contributed by atoms with Gasteiger partial charge in [0.15, 0.2) is 11.6 Å². The van der Waals surface area contributed by atoms with Crippen molar-refractivity contribution in [3.63, 3.8) is 0 Å². The maximum Gasteiger partial charge on any atom is 0.338 e. The van der Waals surface area contributed by atoms with E-state index in [1.54, 1.807) is 0 Å². The van der Waals surface area contributed by atoms with Crippen LogP contribution in [0.3, 0.4) is 0 Å². The van der Waals surface area contributed by atoms with Gasteiger partial charge >= 0.3 is 5.97 Å². The van der Waals surface area contributed by atoms with Gasteiger partial charge in [-0.25, -0.2) is 9.18 Å². The van der Waals surface area contributed by atoms with Crippen LogP contribution >= 0.6 is 0 Å².